The van der Waals surface area contributed by atoms with E-state index in [1.165, 1.54) is 0 Å². The number of aliphatic hydroxyl groups is 1. The fraction of sp³-hybridized carbons (Fsp3) is 1.00. The van der Waals surface area contributed by atoms with Gasteiger partial charge in [-0.2, -0.15) is 0 Å². The molecule has 68 valence electrons. The molecule has 0 rings (SSSR count). The Balaban J connectivity index is 0. The smallest absolute Gasteiger partial charge is 0.776 e. The second kappa shape index (κ2) is 4.04. The van der Waals surface area contributed by atoms with Crippen molar-refractivity contribution in [3.8, 4) is 0 Å². The van der Waals surface area contributed by atoms with Crippen LogP contribution in [0.3, 0.4) is 0 Å². The van der Waals surface area contributed by atoms with E-state index >= 15 is 0 Å². The van der Waals surface area contributed by atoms with E-state index in [1.54, 1.807) is 0 Å². The molecule has 0 aliphatic carbocycles. The first-order valence-electron chi connectivity index (χ1n) is 2.30. The zero-order chi connectivity index (χ0) is 9.50. The maximum atomic E-state index is 10.1. The molecular weight excluding hydrogens is 222 g/mol. The van der Waals surface area contributed by atoms with Gasteiger partial charge in [-0.05, 0) is 6.92 Å². The predicted molar refractivity (Wildman–Crippen MR) is 36.0 cm³/mol. The summed E-state index contributed by atoms with van der Waals surface area (Å²) in [5.41, 5.74) is 0. The standard InChI is InChI=1S/C2H8O7P2.Mg/c1-2(3,10(4,5)6)11(7,8)9;/h3H,1H3,(H2,4,5,6)(H2,7,8,9);/q;+2/p-2. The third-order valence-electron chi connectivity index (χ3n) is 1.07. The van der Waals surface area contributed by atoms with Crippen LogP contribution in [0, 0.1) is 0 Å². The quantitative estimate of drug-likeness (QED) is 0.346. The molecule has 0 aromatic rings. The van der Waals surface area contributed by atoms with Gasteiger partial charge in [0.15, 0.2) is 20.3 Å². The fourth-order valence-corrected chi connectivity index (χ4v) is 1.44. The van der Waals surface area contributed by atoms with E-state index < -0.39 is 20.3 Å². The molecular formula is C2H6MgO7P2. The summed E-state index contributed by atoms with van der Waals surface area (Å²) in [5.74, 6) is 0. The molecule has 0 radical (unpaired) electrons. The van der Waals surface area contributed by atoms with Crippen LogP contribution in [-0.4, -0.2) is 43.0 Å². The third-order valence-corrected chi connectivity index (χ3v) is 4.73. The van der Waals surface area contributed by atoms with Crippen LogP contribution < -0.4 is 9.79 Å². The van der Waals surface area contributed by atoms with E-state index in [-0.39, 0.29) is 30.0 Å². The molecule has 0 aromatic heterocycles. The minimum Gasteiger partial charge on any atom is -0.776 e. The zero-order valence-corrected chi connectivity index (χ0v) is 9.28. The van der Waals surface area contributed by atoms with Crippen molar-refractivity contribution in [1.29, 1.82) is 0 Å². The van der Waals surface area contributed by atoms with Gasteiger partial charge in [0.05, 0.1) is 0 Å². The molecule has 2 atom stereocenters. The first-order valence-corrected chi connectivity index (χ1v) is 5.46. The summed E-state index contributed by atoms with van der Waals surface area (Å²) in [6, 6.07) is 0. The van der Waals surface area contributed by atoms with Gasteiger partial charge < -0.3 is 33.8 Å². The van der Waals surface area contributed by atoms with Crippen molar-refractivity contribution in [2.75, 3.05) is 0 Å². The summed E-state index contributed by atoms with van der Waals surface area (Å²) in [7, 11) is -11.0. The normalized spacial score (nSPS) is 25.8. The average Bonchev–Trinajstić information content (AvgIpc) is 1.58. The molecule has 0 saturated heterocycles. The van der Waals surface area contributed by atoms with Crippen LogP contribution in [0.25, 0.3) is 0 Å². The molecule has 0 aliphatic heterocycles. The van der Waals surface area contributed by atoms with Crippen molar-refractivity contribution < 1.29 is 33.8 Å². The first kappa shape index (κ1) is 15.5. The Labute approximate surface area is 84.3 Å². The second-order valence-electron chi connectivity index (χ2n) is 2.01. The van der Waals surface area contributed by atoms with Gasteiger partial charge in [-0.3, -0.25) is 0 Å². The van der Waals surface area contributed by atoms with Gasteiger partial charge in [0.1, 0.15) is 0 Å². The molecule has 7 nitrogen and oxygen atoms in total. The SMILES string of the molecule is CC(O)(P(=O)([O-])O)P(=O)([O-])O.[Mg+2]. The van der Waals surface area contributed by atoms with Crippen LogP contribution in [0.4, 0.5) is 0 Å². The molecule has 0 aliphatic rings. The Morgan fingerprint density at radius 1 is 1.17 bits per heavy atom. The molecule has 0 heterocycles. The molecule has 2 unspecified atom stereocenters. The van der Waals surface area contributed by atoms with Gasteiger partial charge in [-0.15, -0.1) is 0 Å². The fourth-order valence-electron chi connectivity index (χ4n) is 0.160. The van der Waals surface area contributed by atoms with Gasteiger partial charge in [0.2, 0.25) is 0 Å². The van der Waals surface area contributed by atoms with E-state index in [9.17, 15) is 18.9 Å². The predicted octanol–water partition coefficient (Wildman–Crippen LogP) is -2.64. The minimum absolute atomic E-state index is 0. The monoisotopic (exact) mass is 228 g/mol. The molecule has 12 heavy (non-hydrogen) atoms. The van der Waals surface area contributed by atoms with Gasteiger partial charge in [-0.25, -0.2) is 0 Å². The van der Waals surface area contributed by atoms with Crippen molar-refractivity contribution in [3.05, 3.63) is 0 Å². The molecule has 0 bridgehead atoms. The van der Waals surface area contributed by atoms with Crippen LogP contribution >= 0.6 is 15.2 Å². The van der Waals surface area contributed by atoms with Gasteiger partial charge in [0.25, 0.3) is 0 Å². The summed E-state index contributed by atoms with van der Waals surface area (Å²) < 4.78 is 20.2. The average molecular weight is 228 g/mol. The number of rotatable bonds is 2. The first-order chi connectivity index (χ1) is 4.50. The van der Waals surface area contributed by atoms with Gasteiger partial charge in [0, 0.05) is 0 Å². The molecule has 0 spiro atoms. The van der Waals surface area contributed by atoms with Crippen molar-refractivity contribution in [1.82, 2.24) is 0 Å². The maximum Gasteiger partial charge on any atom is 2.00 e. The van der Waals surface area contributed by atoms with Crippen LogP contribution in [0.15, 0.2) is 0 Å². The third kappa shape index (κ3) is 3.06. The van der Waals surface area contributed by atoms with E-state index in [0.29, 0.717) is 0 Å². The van der Waals surface area contributed by atoms with Crippen LogP contribution in [0.5, 0.6) is 0 Å². The summed E-state index contributed by atoms with van der Waals surface area (Å²) in [5, 5.41) is 5.02. The molecule has 0 amide bonds. The van der Waals surface area contributed by atoms with Crippen molar-refractivity contribution in [2.24, 2.45) is 0 Å². The Kier molecular flexibility index (Phi) is 5.22. The zero-order valence-electron chi connectivity index (χ0n) is 6.08. The second-order valence-corrected chi connectivity index (χ2v) is 6.19. The Hall–Kier alpha value is 1.03. The summed E-state index contributed by atoms with van der Waals surface area (Å²) >= 11 is 0. The molecule has 10 heteroatoms. The van der Waals surface area contributed by atoms with Crippen LogP contribution in [0.2, 0.25) is 0 Å². The molecule has 0 aromatic carbocycles. The van der Waals surface area contributed by atoms with Crippen molar-refractivity contribution in [2.45, 2.75) is 12.0 Å². The Morgan fingerprint density at radius 3 is 1.33 bits per heavy atom. The van der Waals surface area contributed by atoms with Crippen molar-refractivity contribution in [3.63, 3.8) is 0 Å². The van der Waals surface area contributed by atoms with E-state index in [0.717, 1.165) is 0 Å². The summed E-state index contributed by atoms with van der Waals surface area (Å²) in [6.45, 7) is 0.258. The minimum atomic E-state index is -5.51. The Morgan fingerprint density at radius 2 is 1.33 bits per heavy atom. The summed E-state index contributed by atoms with van der Waals surface area (Å²) in [6.07, 6.45) is 0. The Bertz CT molecular complexity index is 212. The largest absolute Gasteiger partial charge is 2.00 e. The van der Waals surface area contributed by atoms with E-state index in [4.69, 9.17) is 14.9 Å². The van der Waals surface area contributed by atoms with Crippen molar-refractivity contribution >= 4 is 38.2 Å². The maximum absolute atomic E-state index is 10.1. The molecule has 3 N–H and O–H groups in total. The summed E-state index contributed by atoms with van der Waals surface area (Å²) in [4.78, 5) is 36.4. The van der Waals surface area contributed by atoms with E-state index in [1.807, 2.05) is 0 Å². The van der Waals surface area contributed by atoms with Crippen LogP contribution in [0.1, 0.15) is 6.92 Å². The number of hydrogen-bond acceptors (Lipinski definition) is 5. The topological polar surface area (TPSA) is 141 Å². The van der Waals surface area contributed by atoms with Gasteiger partial charge in [-0.1, -0.05) is 0 Å². The van der Waals surface area contributed by atoms with E-state index in [2.05, 4.69) is 0 Å². The molecule has 0 saturated carbocycles. The van der Waals surface area contributed by atoms with Crippen LogP contribution in [-0.2, 0) is 9.13 Å². The number of hydrogen-bond donors (Lipinski definition) is 3. The molecule has 0 fully saturated rings. The van der Waals surface area contributed by atoms with Gasteiger partial charge >= 0.3 is 23.1 Å².